The molecule has 0 unspecified atom stereocenters. The highest BCUT2D eigenvalue weighted by molar-refractivity contribution is 5.90. The van der Waals surface area contributed by atoms with Crippen LogP contribution in [0.25, 0.3) is 0 Å². The number of amides is 1. The van der Waals surface area contributed by atoms with Crippen LogP contribution >= 0.6 is 0 Å². The Morgan fingerprint density at radius 2 is 2.31 bits per heavy atom. The molecule has 1 rings (SSSR count). The predicted molar refractivity (Wildman–Crippen MR) is 47.0 cm³/mol. The minimum absolute atomic E-state index is 0.00634. The van der Waals surface area contributed by atoms with Gasteiger partial charge >= 0.3 is 0 Å². The van der Waals surface area contributed by atoms with E-state index in [1.165, 1.54) is 12.1 Å². The molecule has 0 aromatic heterocycles. The number of phenols is 1. The third-order valence-corrected chi connectivity index (χ3v) is 1.55. The second kappa shape index (κ2) is 3.89. The molecule has 2 N–H and O–H groups in total. The molecule has 4 heteroatoms. The van der Waals surface area contributed by atoms with E-state index >= 15 is 0 Å². The number of halogens is 1. The summed E-state index contributed by atoms with van der Waals surface area (Å²) >= 11 is 0. The van der Waals surface area contributed by atoms with Gasteiger partial charge in [0, 0.05) is 12.5 Å². The average molecular weight is 183 g/mol. The first-order valence-electron chi connectivity index (χ1n) is 3.92. The van der Waals surface area contributed by atoms with Crippen molar-refractivity contribution < 1.29 is 14.3 Å². The summed E-state index contributed by atoms with van der Waals surface area (Å²) in [4.78, 5) is 10.9. The van der Waals surface area contributed by atoms with Crippen LogP contribution < -0.4 is 5.32 Å². The van der Waals surface area contributed by atoms with Gasteiger partial charge in [-0.2, -0.15) is 0 Å². The summed E-state index contributed by atoms with van der Waals surface area (Å²) in [6.07, 6.45) is 0.273. The Balaban J connectivity index is 2.87. The monoisotopic (exact) mass is 183 g/mol. The van der Waals surface area contributed by atoms with Crippen molar-refractivity contribution in [3.05, 3.63) is 24.0 Å². The molecule has 0 heterocycles. The summed E-state index contributed by atoms with van der Waals surface area (Å²) in [5.41, 5.74) is 0.00634. The molecule has 0 spiro atoms. The summed E-state index contributed by atoms with van der Waals surface area (Å²) in [5, 5.41) is 11.3. The van der Waals surface area contributed by atoms with Crippen molar-refractivity contribution in [3.63, 3.8) is 0 Å². The van der Waals surface area contributed by atoms with Crippen molar-refractivity contribution >= 4 is 11.6 Å². The van der Waals surface area contributed by atoms with Gasteiger partial charge in [-0.25, -0.2) is 4.39 Å². The fraction of sp³-hybridized carbons (Fsp3) is 0.222. The van der Waals surface area contributed by atoms with Gasteiger partial charge in [0.15, 0.2) is 0 Å². The normalized spacial score (nSPS) is 9.69. The van der Waals surface area contributed by atoms with Crippen molar-refractivity contribution in [3.8, 4) is 5.75 Å². The number of nitrogens with one attached hydrogen (secondary N) is 1. The molecule has 0 aliphatic rings. The lowest BCUT2D eigenvalue weighted by Gasteiger charge is -2.04. The van der Waals surface area contributed by atoms with E-state index in [2.05, 4.69) is 5.32 Å². The smallest absolute Gasteiger partial charge is 0.224 e. The number of aromatic hydroxyl groups is 1. The first-order chi connectivity index (χ1) is 6.13. The molecule has 1 amide bonds. The number of phenolic OH excluding ortho intramolecular Hbond substituents is 1. The molecular formula is C9H10FNO2. The molecule has 70 valence electrons. The first-order valence-corrected chi connectivity index (χ1v) is 3.92. The second-order valence-electron chi connectivity index (χ2n) is 2.57. The molecule has 0 aliphatic carbocycles. The molecule has 1 aromatic carbocycles. The largest absolute Gasteiger partial charge is 0.508 e. The van der Waals surface area contributed by atoms with Crippen LogP contribution in [0.2, 0.25) is 0 Å². The highest BCUT2D eigenvalue weighted by Crippen LogP contribution is 2.19. The number of carbonyl (C=O) groups excluding carboxylic acids is 1. The number of carbonyl (C=O) groups is 1. The van der Waals surface area contributed by atoms with Crippen molar-refractivity contribution in [2.75, 3.05) is 5.32 Å². The van der Waals surface area contributed by atoms with Gasteiger partial charge in [0.2, 0.25) is 5.91 Å². The van der Waals surface area contributed by atoms with Gasteiger partial charge in [-0.15, -0.1) is 0 Å². The standard InChI is InChI=1S/C9H10FNO2/c1-2-9(13)11-8-5-6(12)3-4-7(8)10/h3-5,12H,2H2,1H3,(H,11,13). The Morgan fingerprint density at radius 1 is 1.62 bits per heavy atom. The average Bonchev–Trinajstić information content (AvgIpc) is 2.11. The van der Waals surface area contributed by atoms with E-state index in [4.69, 9.17) is 5.11 Å². The molecule has 0 atom stereocenters. The molecule has 0 fully saturated rings. The Hall–Kier alpha value is -1.58. The number of anilines is 1. The van der Waals surface area contributed by atoms with Crippen LogP contribution in [0.5, 0.6) is 5.75 Å². The molecule has 13 heavy (non-hydrogen) atoms. The summed E-state index contributed by atoms with van der Waals surface area (Å²) in [6, 6.07) is 3.49. The Kier molecular flexibility index (Phi) is 2.84. The predicted octanol–water partition coefficient (Wildman–Crippen LogP) is 1.88. The molecule has 0 saturated carbocycles. The van der Waals surface area contributed by atoms with E-state index in [0.717, 1.165) is 6.07 Å². The van der Waals surface area contributed by atoms with E-state index < -0.39 is 5.82 Å². The van der Waals surface area contributed by atoms with Gasteiger partial charge in [0.05, 0.1) is 5.69 Å². The van der Waals surface area contributed by atoms with Gasteiger partial charge < -0.3 is 10.4 Å². The highest BCUT2D eigenvalue weighted by Gasteiger charge is 2.05. The van der Waals surface area contributed by atoms with Crippen molar-refractivity contribution in [2.24, 2.45) is 0 Å². The fourth-order valence-corrected chi connectivity index (χ4v) is 0.848. The maximum atomic E-state index is 12.9. The van der Waals surface area contributed by atoms with E-state index in [0.29, 0.717) is 0 Å². The Morgan fingerprint density at radius 3 is 2.92 bits per heavy atom. The lowest BCUT2D eigenvalue weighted by molar-refractivity contribution is -0.115. The topological polar surface area (TPSA) is 49.3 Å². The minimum atomic E-state index is -0.556. The van der Waals surface area contributed by atoms with E-state index in [9.17, 15) is 9.18 Å². The number of hydrogen-bond donors (Lipinski definition) is 2. The van der Waals surface area contributed by atoms with Crippen LogP contribution in [0.4, 0.5) is 10.1 Å². The van der Waals surface area contributed by atoms with Gasteiger partial charge in [0.1, 0.15) is 11.6 Å². The van der Waals surface area contributed by atoms with Gasteiger partial charge in [0.25, 0.3) is 0 Å². The van der Waals surface area contributed by atoms with E-state index in [1.54, 1.807) is 6.92 Å². The zero-order valence-electron chi connectivity index (χ0n) is 7.17. The van der Waals surface area contributed by atoms with Crippen molar-refractivity contribution in [2.45, 2.75) is 13.3 Å². The second-order valence-corrected chi connectivity index (χ2v) is 2.57. The number of hydrogen-bond acceptors (Lipinski definition) is 2. The zero-order chi connectivity index (χ0) is 9.84. The fourth-order valence-electron chi connectivity index (χ4n) is 0.848. The molecule has 3 nitrogen and oxygen atoms in total. The van der Waals surface area contributed by atoms with Gasteiger partial charge in [-0.3, -0.25) is 4.79 Å². The van der Waals surface area contributed by atoms with Crippen LogP contribution in [-0.4, -0.2) is 11.0 Å². The molecule has 0 saturated heterocycles. The van der Waals surface area contributed by atoms with Crippen molar-refractivity contribution in [1.29, 1.82) is 0 Å². The summed E-state index contributed by atoms with van der Waals surface area (Å²) in [5.74, 6) is -0.920. The molecule has 0 bridgehead atoms. The maximum Gasteiger partial charge on any atom is 0.224 e. The molecule has 1 aromatic rings. The van der Waals surface area contributed by atoms with Crippen LogP contribution in [0.15, 0.2) is 18.2 Å². The Bertz CT molecular complexity index is 325. The van der Waals surface area contributed by atoms with E-state index in [-0.39, 0.29) is 23.8 Å². The number of rotatable bonds is 2. The lowest BCUT2D eigenvalue weighted by atomic mass is 10.3. The minimum Gasteiger partial charge on any atom is -0.508 e. The number of benzene rings is 1. The summed E-state index contributed by atoms with van der Waals surface area (Å²) in [6.45, 7) is 1.66. The van der Waals surface area contributed by atoms with Crippen LogP contribution in [0, 0.1) is 5.82 Å². The summed E-state index contributed by atoms with van der Waals surface area (Å²) in [7, 11) is 0. The molecule has 0 aliphatic heterocycles. The third kappa shape index (κ3) is 2.43. The van der Waals surface area contributed by atoms with E-state index in [1.807, 2.05) is 0 Å². The molecular weight excluding hydrogens is 173 g/mol. The first kappa shape index (κ1) is 9.51. The zero-order valence-corrected chi connectivity index (χ0v) is 7.17. The lowest BCUT2D eigenvalue weighted by Crippen LogP contribution is -2.10. The van der Waals surface area contributed by atoms with Crippen LogP contribution in [0.3, 0.4) is 0 Å². The van der Waals surface area contributed by atoms with Crippen LogP contribution in [-0.2, 0) is 4.79 Å². The van der Waals surface area contributed by atoms with Crippen molar-refractivity contribution in [1.82, 2.24) is 0 Å². The highest BCUT2D eigenvalue weighted by atomic mass is 19.1. The third-order valence-electron chi connectivity index (χ3n) is 1.55. The quantitative estimate of drug-likeness (QED) is 0.735. The van der Waals surface area contributed by atoms with Gasteiger partial charge in [-0.05, 0) is 12.1 Å². The Labute approximate surface area is 75.2 Å². The van der Waals surface area contributed by atoms with Gasteiger partial charge in [-0.1, -0.05) is 6.92 Å². The maximum absolute atomic E-state index is 12.9. The SMILES string of the molecule is CCC(=O)Nc1cc(O)ccc1F. The molecule has 0 radical (unpaired) electrons. The summed E-state index contributed by atoms with van der Waals surface area (Å²) < 4.78 is 12.9. The van der Waals surface area contributed by atoms with Crippen LogP contribution in [0.1, 0.15) is 13.3 Å².